The Kier molecular flexibility index (Phi) is 4.66. The van der Waals surface area contributed by atoms with Crippen molar-refractivity contribution in [2.24, 2.45) is 0 Å². The van der Waals surface area contributed by atoms with Crippen molar-refractivity contribution in [3.05, 3.63) is 53.5 Å². The number of rotatable bonds is 6. The summed E-state index contributed by atoms with van der Waals surface area (Å²) in [5, 5.41) is 8.79. The van der Waals surface area contributed by atoms with Gasteiger partial charge in [0.1, 0.15) is 12.4 Å². The lowest BCUT2D eigenvalue weighted by Crippen LogP contribution is -1.97. The van der Waals surface area contributed by atoms with Gasteiger partial charge in [0.25, 0.3) is 0 Å². The standard InChI is InChI=1S/C16H16O5/c1-3-4-11-5-7-13(15(9-11)19-2)20-10-12-6-8-14(21-12)16(17)18/h3-9H,10H2,1-2H3,(H,17,18)/b4-3+. The highest BCUT2D eigenvalue weighted by atomic mass is 16.5. The molecular formula is C16H16O5. The van der Waals surface area contributed by atoms with Crippen LogP contribution in [0.25, 0.3) is 6.08 Å². The van der Waals surface area contributed by atoms with Gasteiger partial charge in [-0.3, -0.25) is 0 Å². The van der Waals surface area contributed by atoms with E-state index in [2.05, 4.69) is 0 Å². The Morgan fingerprint density at radius 1 is 1.29 bits per heavy atom. The third-order valence-electron chi connectivity index (χ3n) is 2.79. The molecule has 2 rings (SSSR count). The zero-order valence-corrected chi connectivity index (χ0v) is 11.8. The molecule has 1 aromatic carbocycles. The zero-order valence-electron chi connectivity index (χ0n) is 11.8. The maximum atomic E-state index is 10.7. The number of hydrogen-bond acceptors (Lipinski definition) is 4. The molecule has 21 heavy (non-hydrogen) atoms. The Morgan fingerprint density at radius 2 is 2.10 bits per heavy atom. The van der Waals surface area contributed by atoms with E-state index in [9.17, 15) is 4.79 Å². The van der Waals surface area contributed by atoms with Crippen LogP contribution in [0.2, 0.25) is 0 Å². The lowest BCUT2D eigenvalue weighted by molar-refractivity contribution is 0.0658. The number of hydrogen-bond donors (Lipinski definition) is 1. The van der Waals surface area contributed by atoms with Crippen LogP contribution in [0, 0.1) is 0 Å². The molecule has 110 valence electrons. The summed E-state index contributed by atoms with van der Waals surface area (Å²) in [6.07, 6.45) is 3.89. The van der Waals surface area contributed by atoms with Crippen molar-refractivity contribution in [2.45, 2.75) is 13.5 Å². The molecule has 0 aliphatic heterocycles. The molecule has 0 fully saturated rings. The molecule has 5 nitrogen and oxygen atoms in total. The van der Waals surface area contributed by atoms with E-state index in [1.807, 2.05) is 31.2 Å². The first-order valence-electron chi connectivity index (χ1n) is 6.39. The van der Waals surface area contributed by atoms with Crippen molar-refractivity contribution < 1.29 is 23.8 Å². The summed E-state index contributed by atoms with van der Waals surface area (Å²) in [6.45, 7) is 2.07. The number of carbonyl (C=O) groups is 1. The second kappa shape index (κ2) is 6.65. The van der Waals surface area contributed by atoms with Crippen LogP contribution in [0.5, 0.6) is 11.5 Å². The lowest BCUT2D eigenvalue weighted by Gasteiger charge is -2.10. The molecule has 0 saturated carbocycles. The fourth-order valence-corrected chi connectivity index (χ4v) is 1.82. The highest BCUT2D eigenvalue weighted by Crippen LogP contribution is 2.29. The highest BCUT2D eigenvalue weighted by Gasteiger charge is 2.10. The minimum atomic E-state index is -1.10. The van der Waals surface area contributed by atoms with E-state index < -0.39 is 5.97 Å². The second-order valence-corrected chi connectivity index (χ2v) is 4.27. The number of allylic oxidation sites excluding steroid dienone is 1. The van der Waals surface area contributed by atoms with Gasteiger partial charge in [-0.05, 0) is 36.8 Å². The summed E-state index contributed by atoms with van der Waals surface area (Å²) in [4.78, 5) is 10.7. The average molecular weight is 288 g/mol. The minimum Gasteiger partial charge on any atom is -0.493 e. The predicted octanol–water partition coefficient (Wildman–Crippen LogP) is 3.60. The van der Waals surface area contributed by atoms with Crippen LogP contribution in [0.1, 0.15) is 28.8 Å². The number of benzene rings is 1. The zero-order chi connectivity index (χ0) is 15.2. The van der Waals surface area contributed by atoms with Gasteiger partial charge < -0.3 is 19.0 Å². The van der Waals surface area contributed by atoms with Gasteiger partial charge in [0.05, 0.1) is 7.11 Å². The molecule has 0 amide bonds. The molecule has 0 atom stereocenters. The van der Waals surface area contributed by atoms with E-state index in [0.29, 0.717) is 17.3 Å². The molecule has 0 spiro atoms. The maximum Gasteiger partial charge on any atom is 0.371 e. The van der Waals surface area contributed by atoms with Crippen LogP contribution < -0.4 is 9.47 Å². The minimum absolute atomic E-state index is 0.107. The molecule has 0 aliphatic carbocycles. The van der Waals surface area contributed by atoms with E-state index in [-0.39, 0.29) is 12.4 Å². The smallest absolute Gasteiger partial charge is 0.371 e. The van der Waals surface area contributed by atoms with Crippen molar-refractivity contribution in [1.82, 2.24) is 0 Å². The van der Waals surface area contributed by atoms with Gasteiger partial charge in [0.2, 0.25) is 5.76 Å². The molecule has 0 unspecified atom stereocenters. The van der Waals surface area contributed by atoms with E-state index in [1.165, 1.54) is 6.07 Å². The van der Waals surface area contributed by atoms with Crippen LogP contribution in [-0.4, -0.2) is 18.2 Å². The molecule has 0 radical (unpaired) electrons. The molecule has 0 saturated heterocycles. The normalized spacial score (nSPS) is 10.8. The number of carboxylic acids is 1. The average Bonchev–Trinajstić information content (AvgIpc) is 2.95. The van der Waals surface area contributed by atoms with Gasteiger partial charge in [-0.2, -0.15) is 0 Å². The topological polar surface area (TPSA) is 68.9 Å². The van der Waals surface area contributed by atoms with Gasteiger partial charge in [-0.1, -0.05) is 18.2 Å². The Balaban J connectivity index is 2.09. The second-order valence-electron chi connectivity index (χ2n) is 4.27. The predicted molar refractivity (Wildman–Crippen MR) is 77.7 cm³/mol. The van der Waals surface area contributed by atoms with Crippen molar-refractivity contribution in [2.75, 3.05) is 7.11 Å². The largest absolute Gasteiger partial charge is 0.493 e. The number of furan rings is 1. The van der Waals surface area contributed by atoms with E-state index in [0.717, 1.165) is 5.56 Å². The monoisotopic (exact) mass is 288 g/mol. The van der Waals surface area contributed by atoms with Crippen molar-refractivity contribution in [3.63, 3.8) is 0 Å². The van der Waals surface area contributed by atoms with E-state index in [1.54, 1.807) is 19.2 Å². The van der Waals surface area contributed by atoms with Crippen LogP contribution in [0.15, 0.2) is 40.8 Å². The first kappa shape index (κ1) is 14.7. The Labute approximate surface area is 122 Å². The molecule has 1 N–H and O–H groups in total. The van der Waals surface area contributed by atoms with Crippen molar-refractivity contribution in [3.8, 4) is 11.5 Å². The molecule has 5 heteroatoms. The van der Waals surface area contributed by atoms with Gasteiger partial charge >= 0.3 is 5.97 Å². The molecule has 0 aliphatic rings. The highest BCUT2D eigenvalue weighted by molar-refractivity contribution is 5.84. The maximum absolute atomic E-state index is 10.7. The quantitative estimate of drug-likeness (QED) is 0.879. The summed E-state index contributed by atoms with van der Waals surface area (Å²) in [5.74, 6) is 0.403. The van der Waals surface area contributed by atoms with Gasteiger partial charge in [-0.25, -0.2) is 4.79 Å². The summed E-state index contributed by atoms with van der Waals surface area (Å²) in [6, 6.07) is 8.54. The number of ether oxygens (including phenoxy) is 2. The Bertz CT molecular complexity index is 654. The van der Waals surface area contributed by atoms with Crippen molar-refractivity contribution in [1.29, 1.82) is 0 Å². The molecule has 0 bridgehead atoms. The van der Waals surface area contributed by atoms with Crippen molar-refractivity contribution >= 4 is 12.0 Å². The lowest BCUT2D eigenvalue weighted by atomic mass is 10.2. The number of aromatic carboxylic acids is 1. The summed E-state index contributed by atoms with van der Waals surface area (Å²) in [5.41, 5.74) is 1.01. The molecule has 1 aromatic heterocycles. The van der Waals surface area contributed by atoms with Gasteiger partial charge in [0.15, 0.2) is 11.5 Å². The Morgan fingerprint density at radius 3 is 2.71 bits per heavy atom. The molecule has 1 heterocycles. The number of methoxy groups -OCH3 is 1. The van der Waals surface area contributed by atoms with Gasteiger partial charge in [0, 0.05) is 0 Å². The van der Waals surface area contributed by atoms with Crippen LogP contribution in [0.3, 0.4) is 0 Å². The fourth-order valence-electron chi connectivity index (χ4n) is 1.82. The summed E-state index contributed by atoms with van der Waals surface area (Å²) in [7, 11) is 1.57. The third kappa shape index (κ3) is 3.66. The van der Waals surface area contributed by atoms with Crippen LogP contribution in [-0.2, 0) is 6.61 Å². The van der Waals surface area contributed by atoms with E-state index >= 15 is 0 Å². The first-order chi connectivity index (χ1) is 10.1. The van der Waals surface area contributed by atoms with E-state index in [4.69, 9.17) is 19.0 Å². The summed E-state index contributed by atoms with van der Waals surface area (Å²) < 4.78 is 16.0. The number of carboxylic acid groups (broad SMARTS) is 1. The SMILES string of the molecule is C/C=C/c1ccc(OCc2ccc(C(=O)O)o2)c(OC)c1. The summed E-state index contributed by atoms with van der Waals surface area (Å²) >= 11 is 0. The van der Waals surface area contributed by atoms with Crippen LogP contribution >= 0.6 is 0 Å². The first-order valence-corrected chi connectivity index (χ1v) is 6.39. The molecule has 2 aromatic rings. The third-order valence-corrected chi connectivity index (χ3v) is 2.79. The van der Waals surface area contributed by atoms with Gasteiger partial charge in [-0.15, -0.1) is 0 Å². The van der Waals surface area contributed by atoms with Crippen LogP contribution in [0.4, 0.5) is 0 Å². The molecular weight excluding hydrogens is 272 g/mol. The fraction of sp³-hybridized carbons (Fsp3) is 0.188. The Hall–Kier alpha value is -2.69.